The van der Waals surface area contributed by atoms with Gasteiger partial charge in [-0.3, -0.25) is 9.78 Å². The van der Waals surface area contributed by atoms with Crippen molar-refractivity contribution in [1.82, 2.24) is 15.0 Å². The number of hydrogen-bond donors (Lipinski definition) is 2. The molecule has 0 unspecified atom stereocenters. The van der Waals surface area contributed by atoms with Crippen LogP contribution in [0, 0.1) is 6.92 Å². The molecule has 0 radical (unpaired) electrons. The van der Waals surface area contributed by atoms with Gasteiger partial charge < -0.3 is 10.3 Å². The fourth-order valence-corrected chi connectivity index (χ4v) is 3.43. The van der Waals surface area contributed by atoms with Crippen molar-refractivity contribution in [3.8, 4) is 11.4 Å². The molecule has 0 saturated carbocycles. The van der Waals surface area contributed by atoms with Crippen LogP contribution in [0.4, 0.5) is 5.82 Å². The summed E-state index contributed by atoms with van der Waals surface area (Å²) < 4.78 is 0. The zero-order valence-electron chi connectivity index (χ0n) is 15.8. The maximum absolute atomic E-state index is 12.3. The number of anilines is 1. The Hall–Kier alpha value is -3.47. The largest absolute Gasteiger partial charge is 0.353 e. The van der Waals surface area contributed by atoms with Gasteiger partial charge in [0.15, 0.2) is 0 Å². The summed E-state index contributed by atoms with van der Waals surface area (Å²) >= 11 is 0. The molecule has 0 spiro atoms. The van der Waals surface area contributed by atoms with E-state index in [9.17, 15) is 4.79 Å². The average molecular weight is 370 g/mol. The lowest BCUT2D eigenvalue weighted by Crippen LogP contribution is -2.13. The molecule has 28 heavy (non-hydrogen) atoms. The third kappa shape index (κ3) is 3.78. The lowest BCUT2D eigenvalue weighted by Gasteiger charge is -2.08. The number of benzene rings is 1. The highest BCUT2D eigenvalue weighted by atomic mass is 16.1. The maximum atomic E-state index is 12.3. The molecule has 5 nitrogen and oxygen atoms in total. The number of aromatic nitrogens is 3. The van der Waals surface area contributed by atoms with Crippen LogP contribution < -0.4 is 5.32 Å². The highest BCUT2D eigenvalue weighted by Crippen LogP contribution is 2.30. The van der Waals surface area contributed by atoms with E-state index in [1.54, 1.807) is 12.4 Å². The Morgan fingerprint density at radius 1 is 1.00 bits per heavy atom. The molecule has 2 N–H and O–H groups in total. The number of hydrogen-bond acceptors (Lipinski definition) is 3. The number of amides is 1. The van der Waals surface area contributed by atoms with Crippen LogP contribution in [-0.2, 0) is 11.2 Å². The standard InChI is InChI=1S/C23H22N4O/c1-16-8-7-15-25-23(16)27-21(28)13-6-10-18-17-9-2-3-11-19(17)26-22(18)20-12-4-5-14-24-20/h2-5,7-9,11-12,14-15,26H,6,10,13H2,1H3,(H,25,27,28). The number of fused-ring (bicyclic) bond motifs is 1. The fourth-order valence-electron chi connectivity index (χ4n) is 3.43. The summed E-state index contributed by atoms with van der Waals surface area (Å²) in [7, 11) is 0. The van der Waals surface area contributed by atoms with E-state index in [0.29, 0.717) is 12.2 Å². The zero-order chi connectivity index (χ0) is 19.3. The maximum Gasteiger partial charge on any atom is 0.225 e. The minimum atomic E-state index is -0.0129. The van der Waals surface area contributed by atoms with Gasteiger partial charge in [0.2, 0.25) is 5.91 Å². The quantitative estimate of drug-likeness (QED) is 0.507. The van der Waals surface area contributed by atoms with Gasteiger partial charge in [-0.2, -0.15) is 0 Å². The molecule has 0 saturated heterocycles. The van der Waals surface area contributed by atoms with Crippen molar-refractivity contribution in [3.05, 3.63) is 78.1 Å². The van der Waals surface area contributed by atoms with Gasteiger partial charge in [0.05, 0.1) is 11.4 Å². The first-order chi connectivity index (χ1) is 13.7. The van der Waals surface area contributed by atoms with Gasteiger partial charge in [0, 0.05) is 29.7 Å². The van der Waals surface area contributed by atoms with Gasteiger partial charge in [0.1, 0.15) is 5.82 Å². The monoisotopic (exact) mass is 370 g/mol. The normalized spacial score (nSPS) is 10.9. The summed E-state index contributed by atoms with van der Waals surface area (Å²) in [4.78, 5) is 24.6. The summed E-state index contributed by atoms with van der Waals surface area (Å²) in [5.41, 5.74) is 5.21. The summed E-state index contributed by atoms with van der Waals surface area (Å²) in [6, 6.07) is 18.0. The second-order valence-electron chi connectivity index (χ2n) is 6.81. The molecule has 4 aromatic rings. The third-order valence-electron chi connectivity index (χ3n) is 4.83. The molecule has 4 rings (SSSR count). The molecule has 0 bridgehead atoms. The summed E-state index contributed by atoms with van der Waals surface area (Å²) in [5, 5.41) is 4.09. The molecule has 1 amide bonds. The Balaban J connectivity index is 1.50. The Morgan fingerprint density at radius 2 is 1.82 bits per heavy atom. The fraction of sp³-hybridized carbons (Fsp3) is 0.174. The number of nitrogens with one attached hydrogen (secondary N) is 2. The van der Waals surface area contributed by atoms with Gasteiger partial charge >= 0.3 is 0 Å². The minimum absolute atomic E-state index is 0.0129. The van der Waals surface area contributed by atoms with Crippen molar-refractivity contribution in [3.63, 3.8) is 0 Å². The first-order valence-corrected chi connectivity index (χ1v) is 9.45. The molecular formula is C23H22N4O. The first-order valence-electron chi connectivity index (χ1n) is 9.45. The van der Waals surface area contributed by atoms with Crippen LogP contribution in [0.3, 0.4) is 0 Å². The lowest BCUT2D eigenvalue weighted by atomic mass is 10.0. The summed E-state index contributed by atoms with van der Waals surface area (Å²) in [6.45, 7) is 1.94. The van der Waals surface area contributed by atoms with E-state index < -0.39 is 0 Å². The van der Waals surface area contributed by atoms with Crippen molar-refractivity contribution >= 4 is 22.6 Å². The second kappa shape index (κ2) is 8.05. The number of carbonyl (C=O) groups excluding carboxylic acids is 1. The summed E-state index contributed by atoms with van der Waals surface area (Å²) in [5.74, 6) is 0.620. The predicted molar refractivity (Wildman–Crippen MR) is 112 cm³/mol. The van der Waals surface area contributed by atoms with Crippen LogP contribution in [0.2, 0.25) is 0 Å². The number of pyridine rings is 2. The van der Waals surface area contributed by atoms with Gasteiger partial charge in [-0.15, -0.1) is 0 Å². The van der Waals surface area contributed by atoms with E-state index in [-0.39, 0.29) is 5.91 Å². The van der Waals surface area contributed by atoms with Crippen LogP contribution in [0.5, 0.6) is 0 Å². The van der Waals surface area contributed by atoms with Crippen LogP contribution in [-0.4, -0.2) is 20.9 Å². The molecule has 0 aliphatic heterocycles. The van der Waals surface area contributed by atoms with Crippen molar-refractivity contribution < 1.29 is 4.79 Å². The van der Waals surface area contributed by atoms with E-state index in [0.717, 1.165) is 35.3 Å². The third-order valence-corrected chi connectivity index (χ3v) is 4.83. The highest BCUT2D eigenvalue weighted by Gasteiger charge is 2.14. The molecule has 0 fully saturated rings. The van der Waals surface area contributed by atoms with Gasteiger partial charge in [-0.05, 0) is 55.2 Å². The van der Waals surface area contributed by atoms with Crippen LogP contribution in [0.25, 0.3) is 22.3 Å². The molecule has 140 valence electrons. The van der Waals surface area contributed by atoms with E-state index in [4.69, 9.17) is 0 Å². The van der Waals surface area contributed by atoms with Crippen LogP contribution >= 0.6 is 0 Å². The topological polar surface area (TPSA) is 70.7 Å². The van der Waals surface area contributed by atoms with Crippen LogP contribution in [0.1, 0.15) is 24.0 Å². The number of aromatic amines is 1. The molecule has 5 heteroatoms. The van der Waals surface area contributed by atoms with Crippen molar-refractivity contribution in [1.29, 1.82) is 0 Å². The number of H-pyrrole nitrogens is 1. The molecule has 1 aromatic carbocycles. The van der Waals surface area contributed by atoms with Crippen molar-refractivity contribution in [2.45, 2.75) is 26.2 Å². The van der Waals surface area contributed by atoms with Gasteiger partial charge in [0.25, 0.3) is 0 Å². The lowest BCUT2D eigenvalue weighted by molar-refractivity contribution is -0.116. The highest BCUT2D eigenvalue weighted by molar-refractivity contribution is 5.91. The Bertz CT molecular complexity index is 1100. The van der Waals surface area contributed by atoms with Crippen LogP contribution in [0.15, 0.2) is 67.0 Å². The first kappa shape index (κ1) is 17.9. The molecular weight excluding hydrogens is 348 g/mol. The second-order valence-corrected chi connectivity index (χ2v) is 6.81. The Kier molecular flexibility index (Phi) is 5.15. The number of nitrogens with zero attached hydrogens (tertiary/aromatic N) is 2. The van der Waals surface area contributed by atoms with E-state index in [1.807, 2.05) is 49.4 Å². The van der Waals surface area contributed by atoms with E-state index >= 15 is 0 Å². The predicted octanol–water partition coefficient (Wildman–Crippen LogP) is 4.89. The number of aryl methyl sites for hydroxylation is 2. The number of carbonyl (C=O) groups is 1. The SMILES string of the molecule is Cc1cccnc1NC(=O)CCCc1c(-c2ccccn2)[nH]c2ccccc12. The average Bonchev–Trinajstić information content (AvgIpc) is 3.09. The Morgan fingerprint density at radius 3 is 2.64 bits per heavy atom. The number of para-hydroxylation sites is 1. The molecule has 0 aliphatic carbocycles. The van der Waals surface area contributed by atoms with E-state index in [2.05, 4.69) is 32.4 Å². The number of rotatable bonds is 6. The molecule has 0 aliphatic rings. The smallest absolute Gasteiger partial charge is 0.225 e. The summed E-state index contributed by atoms with van der Waals surface area (Å²) in [6.07, 6.45) is 5.47. The molecule has 3 aromatic heterocycles. The van der Waals surface area contributed by atoms with Gasteiger partial charge in [-0.1, -0.05) is 30.3 Å². The molecule has 0 atom stereocenters. The Labute approximate surface area is 163 Å². The van der Waals surface area contributed by atoms with Crippen molar-refractivity contribution in [2.75, 3.05) is 5.32 Å². The minimum Gasteiger partial charge on any atom is -0.353 e. The van der Waals surface area contributed by atoms with Crippen molar-refractivity contribution in [2.24, 2.45) is 0 Å². The molecule has 3 heterocycles. The zero-order valence-corrected chi connectivity index (χ0v) is 15.8. The van der Waals surface area contributed by atoms with Gasteiger partial charge in [-0.25, -0.2) is 4.98 Å². The van der Waals surface area contributed by atoms with E-state index in [1.165, 1.54) is 10.9 Å².